The fourth-order valence-corrected chi connectivity index (χ4v) is 2.76. The Morgan fingerprint density at radius 3 is 2.60 bits per heavy atom. The van der Waals surface area contributed by atoms with Gasteiger partial charge in [0.2, 0.25) is 0 Å². The van der Waals surface area contributed by atoms with Crippen molar-refractivity contribution < 1.29 is 4.79 Å². The van der Waals surface area contributed by atoms with Crippen LogP contribution in [-0.2, 0) is 0 Å². The van der Waals surface area contributed by atoms with Gasteiger partial charge in [0.1, 0.15) is 0 Å². The second-order valence-corrected chi connectivity index (χ2v) is 6.47. The van der Waals surface area contributed by atoms with Crippen LogP contribution < -0.4 is 11.1 Å². The summed E-state index contributed by atoms with van der Waals surface area (Å²) in [5.41, 5.74) is 7.02. The van der Waals surface area contributed by atoms with Crippen molar-refractivity contribution in [3.05, 3.63) is 28.2 Å². The SMILES string of the molecule is CC(C)N1CCC(NC(=O)c2ccc(Br)c(N)c2)CC1. The number of amides is 1. The van der Waals surface area contributed by atoms with Gasteiger partial charge < -0.3 is 16.0 Å². The number of benzene rings is 1. The van der Waals surface area contributed by atoms with Gasteiger partial charge in [0.15, 0.2) is 0 Å². The van der Waals surface area contributed by atoms with Crippen LogP contribution in [0.25, 0.3) is 0 Å². The van der Waals surface area contributed by atoms with Crippen LogP contribution in [0.1, 0.15) is 37.0 Å². The summed E-state index contributed by atoms with van der Waals surface area (Å²) < 4.78 is 0.819. The number of rotatable bonds is 3. The molecule has 1 amide bonds. The minimum Gasteiger partial charge on any atom is -0.398 e. The monoisotopic (exact) mass is 339 g/mol. The standard InChI is InChI=1S/C15H22BrN3O/c1-10(2)19-7-5-12(6-8-19)18-15(20)11-3-4-13(16)14(17)9-11/h3-4,9-10,12H,5-8,17H2,1-2H3,(H,18,20). The molecule has 0 unspecified atom stereocenters. The number of nitrogens with one attached hydrogen (secondary N) is 1. The fourth-order valence-electron chi connectivity index (χ4n) is 2.51. The molecule has 0 bridgehead atoms. The number of nitrogens with two attached hydrogens (primary N) is 1. The van der Waals surface area contributed by atoms with Gasteiger partial charge in [0, 0.05) is 40.9 Å². The van der Waals surface area contributed by atoms with Crippen LogP contribution in [0.3, 0.4) is 0 Å². The van der Waals surface area contributed by atoms with E-state index in [1.54, 1.807) is 12.1 Å². The van der Waals surface area contributed by atoms with Crippen LogP contribution in [0.4, 0.5) is 5.69 Å². The lowest BCUT2D eigenvalue weighted by molar-refractivity contribution is 0.0900. The third-order valence-electron chi connectivity index (χ3n) is 3.85. The summed E-state index contributed by atoms with van der Waals surface area (Å²) in [5.74, 6) is -0.0350. The molecule has 0 saturated carbocycles. The molecule has 1 saturated heterocycles. The molecule has 3 N–H and O–H groups in total. The maximum absolute atomic E-state index is 12.2. The number of halogens is 1. The third-order valence-corrected chi connectivity index (χ3v) is 4.58. The fraction of sp³-hybridized carbons (Fsp3) is 0.533. The molecule has 1 aliphatic rings. The largest absolute Gasteiger partial charge is 0.398 e. The number of carbonyl (C=O) groups is 1. The van der Waals surface area contributed by atoms with E-state index in [1.807, 2.05) is 6.07 Å². The molecule has 2 rings (SSSR count). The van der Waals surface area contributed by atoms with Crippen LogP contribution in [0, 0.1) is 0 Å². The van der Waals surface area contributed by atoms with Gasteiger partial charge in [0.25, 0.3) is 5.91 Å². The van der Waals surface area contributed by atoms with Crippen molar-refractivity contribution in [2.45, 2.75) is 38.8 Å². The summed E-state index contributed by atoms with van der Waals surface area (Å²) in [5, 5.41) is 3.10. The van der Waals surface area contributed by atoms with Gasteiger partial charge in [-0.25, -0.2) is 0 Å². The molecule has 0 atom stereocenters. The van der Waals surface area contributed by atoms with Crippen LogP contribution in [0.5, 0.6) is 0 Å². The van der Waals surface area contributed by atoms with Crippen LogP contribution in [0.2, 0.25) is 0 Å². The molecule has 110 valence electrons. The Balaban J connectivity index is 1.91. The van der Waals surface area contributed by atoms with E-state index >= 15 is 0 Å². The zero-order valence-electron chi connectivity index (χ0n) is 12.0. The number of likely N-dealkylation sites (tertiary alicyclic amines) is 1. The Bertz CT molecular complexity index is 482. The first-order chi connectivity index (χ1) is 9.47. The maximum Gasteiger partial charge on any atom is 0.251 e. The summed E-state index contributed by atoms with van der Waals surface area (Å²) in [6.45, 7) is 6.52. The molecular formula is C15H22BrN3O. The number of nitrogen functional groups attached to an aromatic ring is 1. The molecule has 4 nitrogen and oxygen atoms in total. The zero-order valence-corrected chi connectivity index (χ0v) is 13.6. The second-order valence-electron chi connectivity index (χ2n) is 5.61. The summed E-state index contributed by atoms with van der Waals surface area (Å²) in [7, 11) is 0. The average Bonchev–Trinajstić information content (AvgIpc) is 2.42. The van der Waals surface area contributed by atoms with E-state index in [9.17, 15) is 4.79 Å². The number of carbonyl (C=O) groups excluding carboxylic acids is 1. The van der Waals surface area contributed by atoms with E-state index in [0.29, 0.717) is 17.3 Å². The first-order valence-electron chi connectivity index (χ1n) is 7.07. The van der Waals surface area contributed by atoms with Crippen molar-refractivity contribution in [1.29, 1.82) is 0 Å². The van der Waals surface area contributed by atoms with Crippen molar-refractivity contribution in [2.24, 2.45) is 0 Å². The van der Waals surface area contributed by atoms with Crippen molar-refractivity contribution in [2.75, 3.05) is 18.8 Å². The maximum atomic E-state index is 12.2. The second kappa shape index (κ2) is 6.59. The van der Waals surface area contributed by atoms with Crippen molar-refractivity contribution in [3.63, 3.8) is 0 Å². The topological polar surface area (TPSA) is 58.4 Å². The highest BCUT2D eigenvalue weighted by Crippen LogP contribution is 2.20. The molecule has 0 aliphatic carbocycles. The lowest BCUT2D eigenvalue weighted by Crippen LogP contribution is -2.46. The molecule has 1 aromatic rings. The predicted octanol–water partition coefficient (Wildman–Crippen LogP) is 2.63. The Hall–Kier alpha value is -1.07. The average molecular weight is 340 g/mol. The molecule has 0 spiro atoms. The lowest BCUT2D eigenvalue weighted by atomic mass is 10.0. The zero-order chi connectivity index (χ0) is 14.7. The van der Waals surface area contributed by atoms with E-state index in [0.717, 1.165) is 30.4 Å². The Morgan fingerprint density at radius 2 is 2.05 bits per heavy atom. The number of hydrogen-bond acceptors (Lipinski definition) is 3. The van der Waals surface area contributed by atoms with Crippen molar-refractivity contribution >= 4 is 27.5 Å². The molecule has 1 heterocycles. The molecule has 1 aromatic carbocycles. The minimum atomic E-state index is -0.0350. The number of nitrogens with zero attached hydrogens (tertiary/aromatic N) is 1. The highest BCUT2D eigenvalue weighted by Gasteiger charge is 2.22. The van der Waals surface area contributed by atoms with Crippen molar-refractivity contribution in [3.8, 4) is 0 Å². The van der Waals surface area contributed by atoms with Crippen LogP contribution >= 0.6 is 15.9 Å². The minimum absolute atomic E-state index is 0.0350. The van der Waals surface area contributed by atoms with E-state index < -0.39 is 0 Å². The first kappa shape index (κ1) is 15.3. The summed E-state index contributed by atoms with van der Waals surface area (Å²) in [4.78, 5) is 14.6. The van der Waals surface area contributed by atoms with Gasteiger partial charge in [-0.2, -0.15) is 0 Å². The number of piperidine rings is 1. The van der Waals surface area contributed by atoms with E-state index in [-0.39, 0.29) is 11.9 Å². The highest BCUT2D eigenvalue weighted by atomic mass is 79.9. The summed E-state index contributed by atoms with van der Waals surface area (Å²) in [6, 6.07) is 6.16. The van der Waals surface area contributed by atoms with Crippen LogP contribution in [-0.4, -0.2) is 36.0 Å². The van der Waals surface area contributed by atoms with E-state index in [2.05, 4.69) is 40.0 Å². The van der Waals surface area contributed by atoms with E-state index in [1.165, 1.54) is 0 Å². The molecule has 1 fully saturated rings. The highest BCUT2D eigenvalue weighted by molar-refractivity contribution is 9.10. The molecular weight excluding hydrogens is 318 g/mol. The smallest absolute Gasteiger partial charge is 0.251 e. The number of hydrogen-bond donors (Lipinski definition) is 2. The predicted molar refractivity (Wildman–Crippen MR) is 85.8 cm³/mol. The Kier molecular flexibility index (Phi) is 5.05. The lowest BCUT2D eigenvalue weighted by Gasteiger charge is -2.34. The molecule has 0 aromatic heterocycles. The molecule has 5 heteroatoms. The van der Waals surface area contributed by atoms with Gasteiger partial charge in [0.05, 0.1) is 0 Å². The molecule has 20 heavy (non-hydrogen) atoms. The van der Waals surface area contributed by atoms with Gasteiger partial charge in [-0.05, 0) is 60.8 Å². The van der Waals surface area contributed by atoms with Gasteiger partial charge in [-0.15, -0.1) is 0 Å². The third kappa shape index (κ3) is 3.73. The Labute approximate surface area is 128 Å². The molecule has 0 radical (unpaired) electrons. The van der Waals surface area contributed by atoms with Gasteiger partial charge >= 0.3 is 0 Å². The quantitative estimate of drug-likeness (QED) is 0.832. The Morgan fingerprint density at radius 1 is 1.40 bits per heavy atom. The van der Waals surface area contributed by atoms with E-state index in [4.69, 9.17) is 5.73 Å². The number of anilines is 1. The normalized spacial score (nSPS) is 17.4. The summed E-state index contributed by atoms with van der Waals surface area (Å²) in [6.07, 6.45) is 2.02. The first-order valence-corrected chi connectivity index (χ1v) is 7.86. The van der Waals surface area contributed by atoms with Crippen molar-refractivity contribution in [1.82, 2.24) is 10.2 Å². The van der Waals surface area contributed by atoms with Gasteiger partial charge in [-0.3, -0.25) is 4.79 Å². The summed E-state index contributed by atoms with van der Waals surface area (Å²) >= 11 is 3.33. The van der Waals surface area contributed by atoms with Crippen LogP contribution in [0.15, 0.2) is 22.7 Å². The van der Waals surface area contributed by atoms with Gasteiger partial charge in [-0.1, -0.05) is 0 Å². The molecule has 1 aliphatic heterocycles.